The van der Waals surface area contributed by atoms with Crippen LogP contribution in [0.15, 0.2) is 108 Å². The first-order chi connectivity index (χ1) is 22.1. The second-order valence-electron chi connectivity index (χ2n) is 10.6. The van der Waals surface area contributed by atoms with E-state index in [-0.39, 0.29) is 39.9 Å². The van der Waals surface area contributed by atoms with Crippen molar-refractivity contribution in [1.29, 1.82) is 5.26 Å². The number of benzene rings is 3. The number of hydrogen-bond acceptors (Lipinski definition) is 6. The second-order valence-corrected chi connectivity index (χ2v) is 10.6. The number of nitriles is 1. The van der Waals surface area contributed by atoms with Crippen LogP contribution in [0.1, 0.15) is 35.2 Å². The van der Waals surface area contributed by atoms with E-state index >= 15 is 0 Å². The molecule has 1 atom stereocenters. The van der Waals surface area contributed by atoms with E-state index in [4.69, 9.17) is 4.74 Å². The first-order valence-electron chi connectivity index (χ1n) is 14.2. The highest BCUT2D eigenvalue weighted by molar-refractivity contribution is 5.93. The zero-order valence-corrected chi connectivity index (χ0v) is 26.7. The zero-order chi connectivity index (χ0) is 32.6. The number of ether oxygens (including phenoxy) is 1. The fourth-order valence-corrected chi connectivity index (χ4v) is 5.77. The predicted octanol–water partition coefficient (Wildman–Crippen LogP) is 1.97. The molecule has 0 unspecified atom stereocenters. The van der Waals surface area contributed by atoms with Crippen LogP contribution in [0.4, 0.5) is 24.8 Å². The van der Waals surface area contributed by atoms with Gasteiger partial charge in [-0.05, 0) is 60.5 Å². The number of fused-ring (bicyclic) bond motifs is 1. The summed E-state index contributed by atoms with van der Waals surface area (Å²) in [4.78, 5) is 28.2. The first-order valence-corrected chi connectivity index (χ1v) is 14.2. The minimum Gasteiger partial charge on any atom is -1.00 e. The number of hydrogen-bond donors (Lipinski definition) is 1. The van der Waals surface area contributed by atoms with E-state index < -0.39 is 29.4 Å². The number of carbonyl (C=O) groups excluding carboxylic acids is 1. The molecule has 3 aromatic carbocycles. The average Bonchev–Trinajstić information content (AvgIpc) is 3.69. The molecule has 2 aromatic heterocycles. The quantitative estimate of drug-likeness (QED) is 0.205. The van der Waals surface area contributed by atoms with Crippen molar-refractivity contribution in [2.45, 2.75) is 32.1 Å². The number of aryl methyl sites for hydroxylation is 2. The summed E-state index contributed by atoms with van der Waals surface area (Å²) in [5.41, 5.74) is 1.31. The van der Waals surface area contributed by atoms with Gasteiger partial charge >= 0.3 is 17.8 Å². The van der Waals surface area contributed by atoms with Crippen molar-refractivity contribution < 1.29 is 44.3 Å². The first kappa shape index (κ1) is 33.0. The maximum atomic E-state index is 13.7. The third-order valence-electron chi connectivity index (χ3n) is 7.93. The van der Waals surface area contributed by atoms with Gasteiger partial charge in [0.2, 0.25) is 12.3 Å². The van der Waals surface area contributed by atoms with Gasteiger partial charge in [0.1, 0.15) is 24.1 Å². The molecule has 5 aromatic rings. The zero-order valence-electron chi connectivity index (χ0n) is 25.1. The minimum absolute atomic E-state index is 0. The maximum absolute atomic E-state index is 13.7. The van der Waals surface area contributed by atoms with Gasteiger partial charge in [-0.3, -0.25) is 4.90 Å². The fraction of sp³-hybridized carbons (Fsp3) is 0.182. The predicted molar refractivity (Wildman–Crippen MR) is 160 cm³/mol. The van der Waals surface area contributed by atoms with E-state index in [1.807, 2.05) is 58.2 Å². The van der Waals surface area contributed by atoms with Crippen molar-refractivity contribution in [1.82, 2.24) is 19.3 Å². The molecular formula is C33H27BrF3N7O3. The number of imidazole rings is 1. The fourth-order valence-electron chi connectivity index (χ4n) is 5.77. The van der Waals surface area contributed by atoms with Crippen LogP contribution in [-0.2, 0) is 28.7 Å². The van der Waals surface area contributed by atoms with Crippen LogP contribution in [0.25, 0.3) is 5.69 Å². The molecule has 0 aliphatic carbocycles. The van der Waals surface area contributed by atoms with Crippen molar-refractivity contribution >= 4 is 17.6 Å². The molecule has 47 heavy (non-hydrogen) atoms. The van der Waals surface area contributed by atoms with Gasteiger partial charge in [0.25, 0.3) is 0 Å². The highest BCUT2D eigenvalue weighted by Gasteiger charge is 2.41. The molecule has 6 rings (SSSR count). The number of esters is 1. The Kier molecular flexibility index (Phi) is 9.21. The Morgan fingerprint density at radius 2 is 1.83 bits per heavy atom. The van der Waals surface area contributed by atoms with Crippen LogP contribution >= 0.6 is 0 Å². The van der Waals surface area contributed by atoms with Gasteiger partial charge in [0, 0.05) is 17.8 Å². The van der Waals surface area contributed by atoms with Crippen molar-refractivity contribution in [2.24, 2.45) is 0 Å². The highest BCUT2D eigenvalue weighted by atomic mass is 79.9. The Morgan fingerprint density at radius 1 is 1.09 bits per heavy atom. The van der Waals surface area contributed by atoms with Gasteiger partial charge in [0.15, 0.2) is 0 Å². The molecule has 0 fully saturated rings. The summed E-state index contributed by atoms with van der Waals surface area (Å²) in [6.07, 6.45) is 1.55. The molecule has 240 valence electrons. The van der Waals surface area contributed by atoms with Gasteiger partial charge in [-0.2, -0.15) is 18.4 Å². The molecule has 0 saturated heterocycles. The number of alkyl halides is 3. The van der Waals surface area contributed by atoms with E-state index in [0.29, 0.717) is 29.7 Å². The summed E-state index contributed by atoms with van der Waals surface area (Å²) in [6, 6.07) is 20.4. The van der Waals surface area contributed by atoms with Gasteiger partial charge in [-0.25, -0.2) is 28.4 Å². The van der Waals surface area contributed by atoms with Crippen LogP contribution in [0, 0.1) is 11.3 Å². The number of aromatic amines is 1. The minimum atomic E-state index is -4.63. The molecule has 0 bridgehead atoms. The van der Waals surface area contributed by atoms with Crippen LogP contribution in [-0.4, -0.2) is 32.4 Å². The largest absolute Gasteiger partial charge is 1.00 e. The Bertz CT molecular complexity index is 2080. The second kappa shape index (κ2) is 13.1. The molecule has 0 amide bonds. The van der Waals surface area contributed by atoms with Crippen molar-refractivity contribution in [3.63, 3.8) is 0 Å². The number of carbonyl (C=O) groups is 1. The number of rotatable bonds is 7. The molecule has 0 spiro atoms. The van der Waals surface area contributed by atoms with Crippen LogP contribution in [0.2, 0.25) is 0 Å². The lowest BCUT2D eigenvalue weighted by molar-refractivity contribution is -0.695. The van der Waals surface area contributed by atoms with Gasteiger partial charge in [0.05, 0.1) is 36.4 Å². The number of halogens is 4. The number of para-hydroxylation sites is 1. The summed E-state index contributed by atoms with van der Waals surface area (Å²) >= 11 is 0. The Morgan fingerprint density at radius 3 is 2.53 bits per heavy atom. The third kappa shape index (κ3) is 6.22. The summed E-state index contributed by atoms with van der Waals surface area (Å²) < 4.78 is 51.3. The molecule has 1 N–H and O–H groups in total. The number of H-pyrrole nitrogens is 1. The number of nitrogens with one attached hydrogen (secondary N) is 1. The average molecular weight is 707 g/mol. The standard InChI is InChI=1S/C33H26F3N7O3.BrH/c1-21-28(30(44)46-2)29(43-31(38-39-32(43)45)42(21)26-10-6-7-24(18-26)33(34,35)36)27-12-11-22(19-37)17-23(27)13-14-40-15-16-41(20-40)25-8-4-3-5-9-25;/h3-12,15-18,20,29H,13-14H2,1-2H3;1H/t29-;/m1./s1. The number of nitrogens with zero attached hydrogens (tertiary/aromatic N) is 6. The van der Waals surface area contributed by atoms with E-state index in [1.54, 1.807) is 25.1 Å². The van der Waals surface area contributed by atoms with Gasteiger partial charge in [-0.15, -0.1) is 5.10 Å². The maximum Gasteiger partial charge on any atom is 0.416 e. The summed E-state index contributed by atoms with van der Waals surface area (Å²) in [7, 11) is 1.19. The van der Waals surface area contributed by atoms with Crippen LogP contribution in [0.3, 0.4) is 0 Å². The smallest absolute Gasteiger partial charge is 0.416 e. The number of anilines is 2. The Balaban J connectivity index is 0.00000433. The molecule has 3 heterocycles. The monoisotopic (exact) mass is 705 g/mol. The lowest BCUT2D eigenvalue weighted by atomic mass is 9.89. The number of methoxy groups -OCH3 is 1. The normalized spacial score (nSPS) is 14.3. The summed E-state index contributed by atoms with van der Waals surface area (Å²) in [6.45, 7) is 2.06. The highest BCUT2D eigenvalue weighted by Crippen LogP contribution is 2.43. The van der Waals surface area contributed by atoms with E-state index in [0.717, 1.165) is 17.8 Å². The topological polar surface area (TPSA) is 113 Å². The van der Waals surface area contributed by atoms with E-state index in [2.05, 4.69) is 16.3 Å². The molecule has 1 aliphatic rings. The lowest BCUT2D eigenvalue weighted by Crippen LogP contribution is -3.00. The van der Waals surface area contributed by atoms with Gasteiger partial charge < -0.3 is 21.7 Å². The van der Waals surface area contributed by atoms with Crippen LogP contribution < -0.4 is 32.1 Å². The Hall–Kier alpha value is -5.42. The Labute approximate surface area is 277 Å². The lowest BCUT2D eigenvalue weighted by Gasteiger charge is -2.36. The van der Waals surface area contributed by atoms with Crippen molar-refractivity contribution in [2.75, 3.05) is 12.0 Å². The molecule has 0 radical (unpaired) electrons. The van der Waals surface area contributed by atoms with E-state index in [9.17, 15) is 28.0 Å². The van der Waals surface area contributed by atoms with Gasteiger partial charge in [-0.1, -0.05) is 30.3 Å². The molecule has 0 saturated carbocycles. The molecular weight excluding hydrogens is 679 g/mol. The molecule has 10 nitrogen and oxygen atoms in total. The van der Waals surface area contributed by atoms with Crippen molar-refractivity contribution in [3.8, 4) is 11.8 Å². The molecule has 14 heteroatoms. The number of allylic oxidation sites excluding steroid dienone is 1. The summed E-state index contributed by atoms with van der Waals surface area (Å²) in [5, 5.41) is 16.3. The SMILES string of the molecule is COC(=O)C1=C(C)N(c2cccc(C(F)(F)F)c2)c2n[nH]c(=O)n2[C@@H]1c1ccc(C#N)cc1CC[n+]1ccn(-c2ccccc2)c1.[Br-]. The summed E-state index contributed by atoms with van der Waals surface area (Å²) in [5.74, 6) is -0.785. The third-order valence-corrected chi connectivity index (χ3v) is 7.93. The molecule has 1 aliphatic heterocycles. The van der Waals surface area contributed by atoms with E-state index in [1.165, 1.54) is 28.7 Å². The van der Waals surface area contributed by atoms with Crippen molar-refractivity contribution in [3.05, 3.63) is 136 Å². The van der Waals surface area contributed by atoms with Crippen LogP contribution in [0.5, 0.6) is 0 Å². The number of aromatic nitrogens is 5.